The summed E-state index contributed by atoms with van der Waals surface area (Å²) in [6, 6.07) is 12.7. The second kappa shape index (κ2) is 9.36. The second-order valence-electron chi connectivity index (χ2n) is 5.32. The smallest absolute Gasteiger partial charge is 0.280 e. The van der Waals surface area contributed by atoms with Gasteiger partial charge in [-0.15, -0.1) is 24.8 Å². The molecule has 0 saturated heterocycles. The van der Waals surface area contributed by atoms with E-state index in [4.69, 9.17) is 0 Å². The van der Waals surface area contributed by atoms with Gasteiger partial charge in [0.2, 0.25) is 0 Å². The number of fused-ring (bicyclic) bond motifs is 2. The maximum atomic E-state index is 11.4. The molecular weight excluding hydrogens is 363 g/mol. The number of hydrogen-bond acceptors (Lipinski definition) is 5. The molecule has 0 saturated carbocycles. The molecule has 6 nitrogen and oxygen atoms in total. The van der Waals surface area contributed by atoms with Crippen molar-refractivity contribution in [3.63, 3.8) is 0 Å². The number of para-hydroxylation sites is 1. The fraction of sp³-hybridized carbons (Fsp3) is 0.235. The third kappa shape index (κ3) is 4.28. The topological polar surface area (TPSA) is 80.1 Å². The summed E-state index contributed by atoms with van der Waals surface area (Å²) in [6.07, 6.45) is 0.926. The van der Waals surface area contributed by atoms with E-state index in [2.05, 4.69) is 15.6 Å². The van der Waals surface area contributed by atoms with Crippen molar-refractivity contribution in [2.45, 2.75) is 6.42 Å². The Morgan fingerprint density at radius 3 is 2.48 bits per heavy atom. The van der Waals surface area contributed by atoms with Crippen molar-refractivity contribution in [1.82, 2.24) is 10.3 Å². The highest BCUT2D eigenvalue weighted by Gasteiger charge is 2.18. The number of halogens is 2. The quantitative estimate of drug-likeness (QED) is 0.289. The molecule has 0 aliphatic rings. The van der Waals surface area contributed by atoms with E-state index in [9.17, 15) is 10.1 Å². The summed E-state index contributed by atoms with van der Waals surface area (Å²) in [7, 11) is 1.90. The van der Waals surface area contributed by atoms with Crippen molar-refractivity contribution in [1.29, 1.82) is 0 Å². The molecule has 0 fully saturated rings. The summed E-state index contributed by atoms with van der Waals surface area (Å²) in [5.41, 5.74) is 2.33. The Kier molecular flexibility index (Phi) is 7.83. The number of anilines is 1. The molecule has 2 N–H and O–H groups in total. The maximum absolute atomic E-state index is 11.4. The first kappa shape index (κ1) is 20.9. The van der Waals surface area contributed by atoms with Crippen LogP contribution in [0.4, 0.5) is 11.4 Å². The predicted octanol–water partition coefficient (Wildman–Crippen LogP) is 4.16. The average molecular weight is 383 g/mol. The largest absolute Gasteiger partial charge is 0.384 e. The van der Waals surface area contributed by atoms with Crippen LogP contribution in [0, 0.1) is 10.1 Å². The molecule has 0 bridgehead atoms. The summed E-state index contributed by atoms with van der Waals surface area (Å²) in [5, 5.41) is 19.4. The van der Waals surface area contributed by atoms with Crippen LogP contribution in [-0.2, 0) is 0 Å². The first-order valence-corrected chi connectivity index (χ1v) is 7.56. The molecule has 0 spiro atoms. The molecule has 0 unspecified atom stereocenters. The van der Waals surface area contributed by atoms with Gasteiger partial charge in [-0.1, -0.05) is 24.3 Å². The van der Waals surface area contributed by atoms with Crippen LogP contribution < -0.4 is 10.6 Å². The first-order chi connectivity index (χ1) is 11.2. The molecule has 0 radical (unpaired) electrons. The minimum Gasteiger partial charge on any atom is -0.384 e. The van der Waals surface area contributed by atoms with Gasteiger partial charge >= 0.3 is 0 Å². The van der Waals surface area contributed by atoms with Crippen molar-refractivity contribution in [3.05, 3.63) is 52.6 Å². The Morgan fingerprint density at radius 1 is 1.04 bits per heavy atom. The molecule has 1 aromatic heterocycles. The number of nitrogens with zero attached hydrogens (tertiary/aromatic N) is 2. The van der Waals surface area contributed by atoms with Gasteiger partial charge in [0.25, 0.3) is 5.69 Å². The molecule has 25 heavy (non-hydrogen) atoms. The summed E-state index contributed by atoms with van der Waals surface area (Å²) >= 11 is 0. The Labute approximate surface area is 158 Å². The number of nitro benzene ring substituents is 1. The van der Waals surface area contributed by atoms with Gasteiger partial charge in [-0.2, -0.15) is 0 Å². The van der Waals surface area contributed by atoms with Crippen molar-refractivity contribution in [2.75, 3.05) is 25.5 Å². The van der Waals surface area contributed by atoms with E-state index in [1.807, 2.05) is 37.4 Å². The predicted molar refractivity (Wildman–Crippen MR) is 107 cm³/mol. The van der Waals surface area contributed by atoms with Gasteiger partial charge < -0.3 is 10.6 Å². The second-order valence-corrected chi connectivity index (χ2v) is 5.32. The van der Waals surface area contributed by atoms with Crippen molar-refractivity contribution in [2.24, 2.45) is 0 Å². The van der Waals surface area contributed by atoms with Gasteiger partial charge in [0.05, 0.1) is 21.6 Å². The molecule has 0 aliphatic carbocycles. The maximum Gasteiger partial charge on any atom is 0.280 e. The zero-order chi connectivity index (χ0) is 16.2. The van der Waals surface area contributed by atoms with Crippen LogP contribution in [-0.4, -0.2) is 30.0 Å². The molecule has 3 rings (SSSR count). The van der Waals surface area contributed by atoms with Gasteiger partial charge in [-0.05, 0) is 32.1 Å². The van der Waals surface area contributed by atoms with Gasteiger partial charge in [0, 0.05) is 18.0 Å². The average Bonchev–Trinajstić information content (AvgIpc) is 2.57. The van der Waals surface area contributed by atoms with E-state index in [0.717, 1.165) is 36.1 Å². The number of nitro groups is 1. The lowest BCUT2D eigenvalue weighted by Crippen LogP contribution is -2.13. The molecule has 3 aromatic rings. The fourth-order valence-corrected chi connectivity index (χ4v) is 2.74. The van der Waals surface area contributed by atoms with Crippen LogP contribution >= 0.6 is 24.8 Å². The van der Waals surface area contributed by atoms with Crippen molar-refractivity contribution < 1.29 is 4.92 Å². The van der Waals surface area contributed by atoms with Gasteiger partial charge in [-0.25, -0.2) is 4.98 Å². The molecule has 2 aromatic carbocycles. The van der Waals surface area contributed by atoms with E-state index in [1.54, 1.807) is 6.07 Å². The standard InChI is InChI=1S/C17H18N4O2.2ClH/c1-18-10-5-11-19-17-12-6-2-3-7-13(12)20-14-8-4-9-15(16(14)17)21(22)23;;/h2-4,6-9,18H,5,10-11H2,1H3,(H,19,20);2*1H. The Bertz CT molecular complexity index is 874. The Balaban J connectivity index is 0.00000156. The van der Waals surface area contributed by atoms with Crippen LogP contribution in [0.1, 0.15) is 6.42 Å². The number of benzene rings is 2. The van der Waals surface area contributed by atoms with E-state index in [-0.39, 0.29) is 35.4 Å². The van der Waals surface area contributed by atoms with E-state index < -0.39 is 0 Å². The van der Waals surface area contributed by atoms with Gasteiger partial charge in [0.1, 0.15) is 5.39 Å². The zero-order valence-electron chi connectivity index (χ0n) is 13.7. The zero-order valence-corrected chi connectivity index (χ0v) is 15.3. The van der Waals surface area contributed by atoms with Crippen molar-refractivity contribution >= 4 is 58.0 Å². The normalized spacial score (nSPS) is 10.1. The molecule has 0 aliphatic heterocycles. The molecule has 8 heteroatoms. The minimum absolute atomic E-state index is 0. The van der Waals surface area contributed by atoms with Gasteiger partial charge in [-0.3, -0.25) is 10.1 Å². The molecular formula is C17H20Cl2N4O2. The highest BCUT2D eigenvalue weighted by atomic mass is 35.5. The summed E-state index contributed by atoms with van der Waals surface area (Å²) in [6.45, 7) is 1.62. The summed E-state index contributed by atoms with van der Waals surface area (Å²) < 4.78 is 0. The Hall–Kier alpha value is -2.15. The summed E-state index contributed by atoms with van der Waals surface area (Å²) in [4.78, 5) is 15.6. The Morgan fingerprint density at radius 2 is 1.76 bits per heavy atom. The minimum atomic E-state index is -0.350. The lowest BCUT2D eigenvalue weighted by atomic mass is 10.1. The van der Waals surface area contributed by atoms with Gasteiger partial charge in [0.15, 0.2) is 0 Å². The molecule has 0 amide bonds. The van der Waals surface area contributed by atoms with Crippen LogP contribution in [0.25, 0.3) is 21.8 Å². The summed E-state index contributed by atoms with van der Waals surface area (Å²) in [5.74, 6) is 0. The third-order valence-corrected chi connectivity index (χ3v) is 3.79. The fourth-order valence-electron chi connectivity index (χ4n) is 2.74. The highest BCUT2D eigenvalue weighted by molar-refractivity contribution is 6.11. The van der Waals surface area contributed by atoms with Crippen LogP contribution in [0.2, 0.25) is 0 Å². The number of rotatable bonds is 6. The van der Waals surface area contributed by atoms with E-state index >= 15 is 0 Å². The first-order valence-electron chi connectivity index (χ1n) is 7.56. The number of aromatic nitrogens is 1. The lowest BCUT2D eigenvalue weighted by Gasteiger charge is -2.13. The van der Waals surface area contributed by atoms with Crippen LogP contribution in [0.15, 0.2) is 42.5 Å². The highest BCUT2D eigenvalue weighted by Crippen LogP contribution is 2.36. The van der Waals surface area contributed by atoms with Crippen LogP contribution in [0.3, 0.4) is 0 Å². The monoisotopic (exact) mass is 382 g/mol. The number of non-ortho nitro benzene ring substituents is 1. The lowest BCUT2D eigenvalue weighted by molar-refractivity contribution is -0.383. The number of hydrogen-bond donors (Lipinski definition) is 2. The number of nitrogens with one attached hydrogen (secondary N) is 2. The van der Waals surface area contributed by atoms with Crippen molar-refractivity contribution in [3.8, 4) is 0 Å². The molecule has 1 heterocycles. The third-order valence-electron chi connectivity index (χ3n) is 3.79. The SMILES string of the molecule is CNCCCNc1c2ccccc2nc2cccc([N+](=O)[O-])c12.Cl.Cl. The molecule has 134 valence electrons. The van der Waals surface area contributed by atoms with Crippen LogP contribution in [0.5, 0.6) is 0 Å². The van der Waals surface area contributed by atoms with E-state index in [0.29, 0.717) is 10.9 Å². The van der Waals surface area contributed by atoms with E-state index in [1.165, 1.54) is 6.07 Å². The number of pyridine rings is 1. The molecule has 0 atom stereocenters.